The van der Waals surface area contributed by atoms with E-state index in [4.69, 9.17) is 0 Å². The zero-order valence-corrected chi connectivity index (χ0v) is 12.3. The molecule has 18 heavy (non-hydrogen) atoms. The van der Waals surface area contributed by atoms with E-state index in [1.165, 1.54) is 56.9 Å². The van der Waals surface area contributed by atoms with Gasteiger partial charge in [0.25, 0.3) is 0 Å². The number of unbranched alkanes of at least 4 members (excludes halogenated alkanes) is 7. The highest BCUT2D eigenvalue weighted by atomic mass is 13.9. The first-order valence-electron chi connectivity index (χ1n) is 7.52. The molecule has 0 saturated carbocycles. The highest BCUT2D eigenvalue weighted by molar-refractivity contribution is 5.45. The molecular formula is C18H30. The summed E-state index contributed by atoms with van der Waals surface area (Å²) in [6, 6.07) is 10.0. The molecule has 0 unspecified atom stereocenters. The summed E-state index contributed by atoms with van der Waals surface area (Å²) in [5.74, 6) is 0. The van der Waals surface area contributed by atoms with Crippen molar-refractivity contribution in [3.63, 3.8) is 0 Å². The SMILES string of the molecule is C=Cc1ccccc1.CCCCCCCCCC. The van der Waals surface area contributed by atoms with Gasteiger partial charge in [-0.3, -0.25) is 0 Å². The maximum Gasteiger partial charge on any atom is -0.0263 e. The summed E-state index contributed by atoms with van der Waals surface area (Å²) in [5.41, 5.74) is 1.17. The zero-order chi connectivity index (χ0) is 13.5. The minimum absolute atomic E-state index is 1.17. The van der Waals surface area contributed by atoms with Crippen molar-refractivity contribution in [1.29, 1.82) is 0 Å². The first-order valence-corrected chi connectivity index (χ1v) is 7.52. The van der Waals surface area contributed by atoms with Crippen LogP contribution < -0.4 is 0 Å². The second-order valence-corrected chi connectivity index (χ2v) is 4.74. The normalized spacial score (nSPS) is 9.44. The predicted molar refractivity (Wildman–Crippen MR) is 84.8 cm³/mol. The van der Waals surface area contributed by atoms with Crippen molar-refractivity contribution < 1.29 is 0 Å². The monoisotopic (exact) mass is 246 g/mol. The standard InChI is InChI=1S/C10H22.C8H8/c1-3-5-7-9-10-8-6-4-2;1-2-8-6-4-3-5-7-8/h3-10H2,1-2H3;2-7H,1H2. The van der Waals surface area contributed by atoms with Crippen LogP contribution >= 0.6 is 0 Å². The molecule has 0 heteroatoms. The highest BCUT2D eigenvalue weighted by Crippen LogP contribution is 2.07. The van der Waals surface area contributed by atoms with Crippen molar-refractivity contribution in [1.82, 2.24) is 0 Å². The molecule has 1 aromatic rings. The fraction of sp³-hybridized carbons (Fsp3) is 0.556. The van der Waals surface area contributed by atoms with Crippen LogP contribution in [-0.4, -0.2) is 0 Å². The van der Waals surface area contributed by atoms with E-state index >= 15 is 0 Å². The van der Waals surface area contributed by atoms with E-state index in [1.807, 2.05) is 36.4 Å². The first kappa shape index (κ1) is 17.0. The minimum atomic E-state index is 1.17. The highest BCUT2D eigenvalue weighted by Gasteiger charge is 1.87. The molecule has 0 radical (unpaired) electrons. The first-order chi connectivity index (χ1) is 8.85. The van der Waals surface area contributed by atoms with Crippen LogP contribution in [0.15, 0.2) is 36.9 Å². The Morgan fingerprint density at radius 3 is 1.56 bits per heavy atom. The molecule has 0 nitrogen and oxygen atoms in total. The average Bonchev–Trinajstić information content (AvgIpc) is 2.44. The van der Waals surface area contributed by atoms with Crippen molar-refractivity contribution in [3.05, 3.63) is 42.5 Å². The Kier molecular flexibility index (Phi) is 13.2. The maximum atomic E-state index is 3.63. The molecule has 0 saturated heterocycles. The summed E-state index contributed by atoms with van der Waals surface area (Å²) in [5, 5.41) is 0. The maximum absolute atomic E-state index is 3.63. The van der Waals surface area contributed by atoms with E-state index in [0.717, 1.165) is 0 Å². The summed E-state index contributed by atoms with van der Waals surface area (Å²) in [6.07, 6.45) is 13.3. The fourth-order valence-electron chi connectivity index (χ4n) is 1.80. The van der Waals surface area contributed by atoms with Crippen molar-refractivity contribution in [2.75, 3.05) is 0 Å². The lowest BCUT2D eigenvalue weighted by Crippen LogP contribution is -1.77. The summed E-state index contributed by atoms with van der Waals surface area (Å²) >= 11 is 0. The third-order valence-electron chi connectivity index (χ3n) is 2.99. The topological polar surface area (TPSA) is 0 Å². The van der Waals surface area contributed by atoms with Gasteiger partial charge in [0.2, 0.25) is 0 Å². The van der Waals surface area contributed by atoms with Crippen LogP contribution in [0.5, 0.6) is 0 Å². The summed E-state index contributed by atoms with van der Waals surface area (Å²) in [6.45, 7) is 8.17. The second-order valence-electron chi connectivity index (χ2n) is 4.74. The van der Waals surface area contributed by atoms with E-state index in [1.54, 1.807) is 0 Å². The Hall–Kier alpha value is -1.04. The Bertz CT molecular complexity index is 253. The largest absolute Gasteiger partial charge is 0.0985 e. The Morgan fingerprint density at radius 2 is 1.22 bits per heavy atom. The second kappa shape index (κ2) is 14.0. The van der Waals surface area contributed by atoms with Crippen molar-refractivity contribution in [3.8, 4) is 0 Å². The molecule has 0 spiro atoms. The van der Waals surface area contributed by atoms with Crippen LogP contribution in [0.25, 0.3) is 6.08 Å². The van der Waals surface area contributed by atoms with Gasteiger partial charge < -0.3 is 0 Å². The molecule has 0 aliphatic carbocycles. The Morgan fingerprint density at radius 1 is 0.778 bits per heavy atom. The lowest BCUT2D eigenvalue weighted by molar-refractivity contribution is 0.585. The molecule has 0 bridgehead atoms. The van der Waals surface area contributed by atoms with Gasteiger partial charge in [0.05, 0.1) is 0 Å². The molecule has 0 heterocycles. The van der Waals surface area contributed by atoms with Crippen molar-refractivity contribution in [2.24, 2.45) is 0 Å². The molecule has 1 rings (SSSR count). The van der Waals surface area contributed by atoms with Crippen molar-refractivity contribution in [2.45, 2.75) is 65.2 Å². The van der Waals surface area contributed by atoms with Crippen LogP contribution in [0.4, 0.5) is 0 Å². The Labute approximate surface area is 114 Å². The van der Waals surface area contributed by atoms with Crippen molar-refractivity contribution >= 4 is 6.08 Å². The number of hydrogen-bond acceptors (Lipinski definition) is 0. The molecule has 0 aliphatic heterocycles. The van der Waals surface area contributed by atoms with Gasteiger partial charge in [-0.1, -0.05) is 108 Å². The van der Waals surface area contributed by atoms with Crippen LogP contribution in [0, 0.1) is 0 Å². The zero-order valence-electron chi connectivity index (χ0n) is 12.3. The molecule has 0 aliphatic rings. The van der Waals surface area contributed by atoms with E-state index < -0.39 is 0 Å². The van der Waals surface area contributed by atoms with Gasteiger partial charge in [-0.2, -0.15) is 0 Å². The number of rotatable bonds is 8. The van der Waals surface area contributed by atoms with E-state index in [-0.39, 0.29) is 0 Å². The van der Waals surface area contributed by atoms with Crippen LogP contribution in [-0.2, 0) is 0 Å². The molecule has 0 fully saturated rings. The summed E-state index contributed by atoms with van der Waals surface area (Å²) < 4.78 is 0. The van der Waals surface area contributed by atoms with Gasteiger partial charge in [-0.25, -0.2) is 0 Å². The average molecular weight is 246 g/mol. The van der Waals surface area contributed by atoms with Gasteiger partial charge >= 0.3 is 0 Å². The van der Waals surface area contributed by atoms with E-state index in [9.17, 15) is 0 Å². The van der Waals surface area contributed by atoms with Crippen LogP contribution in [0.2, 0.25) is 0 Å². The summed E-state index contributed by atoms with van der Waals surface area (Å²) in [4.78, 5) is 0. The van der Waals surface area contributed by atoms with Gasteiger partial charge in [-0.05, 0) is 5.56 Å². The van der Waals surface area contributed by atoms with E-state index in [0.29, 0.717) is 0 Å². The van der Waals surface area contributed by atoms with Gasteiger partial charge in [0.15, 0.2) is 0 Å². The number of hydrogen-bond donors (Lipinski definition) is 0. The minimum Gasteiger partial charge on any atom is -0.0985 e. The van der Waals surface area contributed by atoms with Crippen LogP contribution in [0.1, 0.15) is 70.8 Å². The third-order valence-corrected chi connectivity index (χ3v) is 2.99. The van der Waals surface area contributed by atoms with Gasteiger partial charge in [-0.15, -0.1) is 0 Å². The molecule has 0 amide bonds. The molecule has 102 valence electrons. The van der Waals surface area contributed by atoms with Gasteiger partial charge in [0, 0.05) is 0 Å². The lowest BCUT2D eigenvalue weighted by Gasteiger charge is -1.97. The van der Waals surface area contributed by atoms with Gasteiger partial charge in [0.1, 0.15) is 0 Å². The summed E-state index contributed by atoms with van der Waals surface area (Å²) in [7, 11) is 0. The number of benzene rings is 1. The molecular weight excluding hydrogens is 216 g/mol. The quantitative estimate of drug-likeness (QED) is 0.461. The smallest absolute Gasteiger partial charge is 0.0263 e. The van der Waals surface area contributed by atoms with E-state index in [2.05, 4.69) is 20.4 Å². The molecule has 0 atom stereocenters. The third kappa shape index (κ3) is 11.4. The molecule has 0 N–H and O–H groups in total. The fourth-order valence-corrected chi connectivity index (χ4v) is 1.80. The molecule has 0 aromatic heterocycles. The Balaban J connectivity index is 0.000000327. The predicted octanol–water partition coefficient (Wildman–Crippen LogP) is 6.48. The lowest BCUT2D eigenvalue weighted by atomic mass is 10.1. The van der Waals surface area contributed by atoms with Crippen LogP contribution in [0.3, 0.4) is 0 Å². The molecule has 1 aromatic carbocycles.